The van der Waals surface area contributed by atoms with Gasteiger partial charge in [-0.25, -0.2) is 4.79 Å². The number of nitrogens with one attached hydrogen (secondary N) is 1. The van der Waals surface area contributed by atoms with Crippen LogP contribution in [0.1, 0.15) is 19.3 Å². The molecular formula is C13H17ClN2O3. The lowest BCUT2D eigenvalue weighted by atomic mass is 10.1. The molecule has 0 aliphatic carbocycles. The van der Waals surface area contributed by atoms with Gasteiger partial charge in [0.2, 0.25) is 0 Å². The number of ether oxygens (including phenoxy) is 2. The van der Waals surface area contributed by atoms with Crippen LogP contribution in [0.15, 0.2) is 18.2 Å². The van der Waals surface area contributed by atoms with Crippen molar-refractivity contribution in [2.24, 2.45) is 5.73 Å². The van der Waals surface area contributed by atoms with Gasteiger partial charge in [0, 0.05) is 11.6 Å². The maximum absolute atomic E-state index is 10.9. The molecule has 0 spiro atoms. The highest BCUT2D eigenvalue weighted by Crippen LogP contribution is 2.28. The Hall–Kier alpha value is -1.46. The van der Waals surface area contributed by atoms with Gasteiger partial charge in [0.25, 0.3) is 0 Å². The van der Waals surface area contributed by atoms with E-state index >= 15 is 0 Å². The summed E-state index contributed by atoms with van der Waals surface area (Å²) in [5, 5.41) is 3.00. The number of carbonyl (C=O) groups excluding carboxylic acids is 1. The van der Waals surface area contributed by atoms with Gasteiger partial charge in [0.1, 0.15) is 12.4 Å². The molecule has 104 valence electrons. The predicted molar refractivity (Wildman–Crippen MR) is 73.7 cm³/mol. The van der Waals surface area contributed by atoms with Crippen molar-refractivity contribution >= 4 is 23.3 Å². The molecule has 0 radical (unpaired) electrons. The Morgan fingerprint density at radius 2 is 2.37 bits per heavy atom. The molecule has 5 nitrogen and oxygen atoms in total. The van der Waals surface area contributed by atoms with Gasteiger partial charge in [0.15, 0.2) is 0 Å². The zero-order valence-corrected chi connectivity index (χ0v) is 11.3. The Labute approximate surface area is 117 Å². The number of hydrogen-bond donors (Lipinski definition) is 2. The van der Waals surface area contributed by atoms with E-state index in [9.17, 15) is 4.79 Å². The zero-order chi connectivity index (χ0) is 13.7. The van der Waals surface area contributed by atoms with Crippen molar-refractivity contribution in [2.75, 3.05) is 18.5 Å². The number of benzene rings is 1. The van der Waals surface area contributed by atoms with E-state index in [-0.39, 0.29) is 6.10 Å². The minimum Gasteiger partial charge on any atom is -0.489 e. The van der Waals surface area contributed by atoms with Crippen LogP contribution < -0.4 is 15.8 Å². The summed E-state index contributed by atoms with van der Waals surface area (Å²) in [5.74, 6) is 0.539. The number of nitrogens with two attached hydrogens (primary N) is 1. The number of carbonyl (C=O) groups is 1. The molecule has 2 amide bonds. The summed E-state index contributed by atoms with van der Waals surface area (Å²) in [7, 11) is 0. The van der Waals surface area contributed by atoms with E-state index in [1.807, 2.05) is 0 Å². The molecule has 2 rings (SSSR count). The predicted octanol–water partition coefficient (Wildman–Crippen LogP) is 2.78. The van der Waals surface area contributed by atoms with Crippen LogP contribution >= 0.6 is 11.6 Å². The summed E-state index contributed by atoms with van der Waals surface area (Å²) in [6.07, 6.45) is 3.35. The van der Waals surface area contributed by atoms with Crippen LogP contribution in [0.5, 0.6) is 5.75 Å². The third-order valence-corrected chi connectivity index (χ3v) is 3.13. The Balaban J connectivity index is 1.99. The standard InChI is InChI=1S/C13H17ClN2O3/c14-9-4-5-12(11(7-9)16-13(15)17)19-8-10-3-1-2-6-18-10/h4-5,7,10H,1-3,6,8H2,(H3,15,16,17). The first-order valence-electron chi connectivity index (χ1n) is 6.25. The molecule has 1 saturated heterocycles. The van der Waals surface area contributed by atoms with E-state index < -0.39 is 6.03 Å². The van der Waals surface area contributed by atoms with Crippen LogP contribution in [0.4, 0.5) is 10.5 Å². The van der Waals surface area contributed by atoms with Gasteiger partial charge in [-0.1, -0.05) is 11.6 Å². The maximum Gasteiger partial charge on any atom is 0.316 e. The average molecular weight is 285 g/mol. The topological polar surface area (TPSA) is 73.6 Å². The van der Waals surface area contributed by atoms with Crippen molar-refractivity contribution in [2.45, 2.75) is 25.4 Å². The fourth-order valence-electron chi connectivity index (χ4n) is 1.98. The zero-order valence-electron chi connectivity index (χ0n) is 10.5. The summed E-state index contributed by atoms with van der Waals surface area (Å²) < 4.78 is 11.3. The molecule has 1 atom stereocenters. The Morgan fingerprint density at radius 3 is 3.05 bits per heavy atom. The minimum absolute atomic E-state index is 0.103. The number of urea groups is 1. The van der Waals surface area contributed by atoms with E-state index in [0.717, 1.165) is 25.9 Å². The second-order valence-corrected chi connectivity index (χ2v) is 4.87. The molecule has 1 heterocycles. The number of anilines is 1. The summed E-state index contributed by atoms with van der Waals surface area (Å²) in [6.45, 7) is 1.23. The highest BCUT2D eigenvalue weighted by Gasteiger charge is 2.15. The molecule has 3 N–H and O–H groups in total. The monoisotopic (exact) mass is 284 g/mol. The van der Waals surface area contributed by atoms with E-state index in [4.69, 9.17) is 26.8 Å². The molecule has 6 heteroatoms. The van der Waals surface area contributed by atoms with Gasteiger partial charge in [-0.05, 0) is 37.5 Å². The normalized spacial score (nSPS) is 18.9. The number of primary amides is 1. The van der Waals surface area contributed by atoms with Crippen LogP contribution in [-0.4, -0.2) is 25.3 Å². The number of amides is 2. The second kappa shape index (κ2) is 6.63. The van der Waals surface area contributed by atoms with Crippen molar-refractivity contribution in [3.63, 3.8) is 0 Å². The van der Waals surface area contributed by atoms with Crippen LogP contribution in [0.2, 0.25) is 5.02 Å². The van der Waals surface area contributed by atoms with Crippen LogP contribution in [0, 0.1) is 0 Å². The van der Waals surface area contributed by atoms with E-state index in [2.05, 4.69) is 5.32 Å². The molecule has 1 aliphatic rings. The number of hydrogen-bond acceptors (Lipinski definition) is 3. The summed E-state index contributed by atoms with van der Waals surface area (Å²) >= 11 is 5.88. The van der Waals surface area contributed by atoms with Crippen molar-refractivity contribution < 1.29 is 14.3 Å². The van der Waals surface area contributed by atoms with Gasteiger partial charge in [-0.15, -0.1) is 0 Å². The second-order valence-electron chi connectivity index (χ2n) is 4.43. The fourth-order valence-corrected chi connectivity index (χ4v) is 2.15. The van der Waals surface area contributed by atoms with Crippen LogP contribution in [0.25, 0.3) is 0 Å². The minimum atomic E-state index is -0.652. The maximum atomic E-state index is 10.9. The van der Waals surface area contributed by atoms with Crippen LogP contribution in [-0.2, 0) is 4.74 Å². The van der Waals surface area contributed by atoms with Gasteiger partial charge < -0.3 is 20.5 Å². The van der Waals surface area contributed by atoms with Crippen molar-refractivity contribution in [3.8, 4) is 5.75 Å². The Bertz CT molecular complexity index is 448. The van der Waals surface area contributed by atoms with E-state index in [1.165, 1.54) is 0 Å². The van der Waals surface area contributed by atoms with Crippen LogP contribution in [0.3, 0.4) is 0 Å². The third-order valence-electron chi connectivity index (χ3n) is 2.90. The molecule has 1 unspecified atom stereocenters. The smallest absolute Gasteiger partial charge is 0.316 e. The van der Waals surface area contributed by atoms with E-state index in [0.29, 0.717) is 23.1 Å². The molecule has 1 aliphatic heterocycles. The van der Waals surface area contributed by atoms with Gasteiger partial charge in [-0.3, -0.25) is 0 Å². The highest BCUT2D eigenvalue weighted by molar-refractivity contribution is 6.31. The Kier molecular flexibility index (Phi) is 4.87. The molecule has 0 bridgehead atoms. The number of halogens is 1. The molecule has 1 fully saturated rings. The Morgan fingerprint density at radius 1 is 1.53 bits per heavy atom. The molecule has 0 saturated carbocycles. The van der Waals surface area contributed by atoms with Gasteiger partial charge in [-0.2, -0.15) is 0 Å². The number of rotatable bonds is 4. The summed E-state index contributed by atoms with van der Waals surface area (Å²) in [6, 6.07) is 4.35. The highest BCUT2D eigenvalue weighted by atomic mass is 35.5. The molecule has 1 aromatic rings. The van der Waals surface area contributed by atoms with Gasteiger partial charge in [0.05, 0.1) is 11.8 Å². The third kappa shape index (κ3) is 4.29. The first-order valence-corrected chi connectivity index (χ1v) is 6.63. The molecule has 0 aromatic heterocycles. The molecule has 1 aromatic carbocycles. The lowest BCUT2D eigenvalue weighted by Crippen LogP contribution is -2.26. The van der Waals surface area contributed by atoms with Crippen molar-refractivity contribution in [3.05, 3.63) is 23.2 Å². The quantitative estimate of drug-likeness (QED) is 0.893. The first kappa shape index (κ1) is 14.0. The average Bonchev–Trinajstić information content (AvgIpc) is 2.38. The molecular weight excluding hydrogens is 268 g/mol. The van der Waals surface area contributed by atoms with Crippen molar-refractivity contribution in [1.29, 1.82) is 0 Å². The lowest BCUT2D eigenvalue weighted by molar-refractivity contribution is -0.0109. The summed E-state index contributed by atoms with van der Waals surface area (Å²) in [4.78, 5) is 10.9. The molecule has 19 heavy (non-hydrogen) atoms. The SMILES string of the molecule is NC(=O)Nc1cc(Cl)ccc1OCC1CCCCO1. The first-order chi connectivity index (χ1) is 9.15. The lowest BCUT2D eigenvalue weighted by Gasteiger charge is -2.23. The van der Waals surface area contributed by atoms with E-state index in [1.54, 1.807) is 18.2 Å². The van der Waals surface area contributed by atoms with Gasteiger partial charge >= 0.3 is 6.03 Å². The largest absolute Gasteiger partial charge is 0.489 e. The fraction of sp³-hybridized carbons (Fsp3) is 0.462. The summed E-state index contributed by atoms with van der Waals surface area (Å²) in [5.41, 5.74) is 5.58. The van der Waals surface area contributed by atoms with Crippen molar-refractivity contribution in [1.82, 2.24) is 0 Å².